The first-order valence-electron chi connectivity index (χ1n) is 14.3. The number of aliphatic hydroxyl groups is 1. The number of carbonyl (C=O) groups is 2. The molecule has 0 radical (unpaired) electrons. The van der Waals surface area contributed by atoms with Crippen molar-refractivity contribution in [3.63, 3.8) is 0 Å². The monoisotopic (exact) mass is 552 g/mol. The van der Waals surface area contributed by atoms with Crippen LogP contribution in [0.2, 0.25) is 0 Å². The molecular formula is C32H40O8. The molecule has 1 aliphatic carbocycles. The Balaban J connectivity index is 1.44. The summed E-state index contributed by atoms with van der Waals surface area (Å²) in [6, 6.07) is 3.39. The normalized spacial score (nSPS) is 41.7. The quantitative estimate of drug-likeness (QED) is 0.348. The van der Waals surface area contributed by atoms with Gasteiger partial charge in [-0.15, -0.1) is 0 Å². The molecule has 1 aromatic rings. The summed E-state index contributed by atoms with van der Waals surface area (Å²) in [5, 5.41) is 22.4. The zero-order valence-electron chi connectivity index (χ0n) is 24.2. The second-order valence-corrected chi connectivity index (χ2v) is 13.9. The van der Waals surface area contributed by atoms with Crippen molar-refractivity contribution in [2.24, 2.45) is 17.3 Å². The Labute approximate surface area is 235 Å². The minimum absolute atomic E-state index is 0.00872. The van der Waals surface area contributed by atoms with Crippen LogP contribution in [0.3, 0.4) is 0 Å². The molecule has 7 atom stereocenters. The van der Waals surface area contributed by atoms with E-state index in [0.29, 0.717) is 37.2 Å². The molecule has 216 valence electrons. The second-order valence-electron chi connectivity index (χ2n) is 13.9. The van der Waals surface area contributed by atoms with Crippen LogP contribution in [0.25, 0.3) is 0 Å². The van der Waals surface area contributed by atoms with E-state index in [0.717, 1.165) is 17.5 Å². The number of fused-ring (bicyclic) bond motifs is 3. The third-order valence-corrected chi connectivity index (χ3v) is 10.4. The smallest absolute Gasteiger partial charge is 0.335 e. The standard InChI is InChI=1S/C32H40O8/c1-18-10-21(33)13-23-22(18)11-20-15-28(2,3)8-7-9-29(4)19(12-24(34)31(20,6)37-23)16-32-25(38-29)14-26(35)39-30(32,5)17-27(36)40-32/h7-8,10,13-14,19-20,24,33-34H,9,11-12,15-17H2,1-6H3/t19-,20+,24+,29+,30-,31+,32-/m1/s1. The fourth-order valence-electron chi connectivity index (χ4n) is 7.89. The molecule has 8 nitrogen and oxygen atoms in total. The van der Waals surface area contributed by atoms with Gasteiger partial charge in [0.15, 0.2) is 11.4 Å². The van der Waals surface area contributed by atoms with Gasteiger partial charge in [-0.25, -0.2) is 4.79 Å². The van der Waals surface area contributed by atoms with E-state index in [1.54, 1.807) is 19.1 Å². The van der Waals surface area contributed by atoms with Gasteiger partial charge in [-0.05, 0) is 69.6 Å². The molecule has 40 heavy (non-hydrogen) atoms. The number of aromatic hydroxyl groups is 1. The van der Waals surface area contributed by atoms with Gasteiger partial charge in [0.05, 0.1) is 18.6 Å². The van der Waals surface area contributed by atoms with E-state index < -0.39 is 40.4 Å². The third kappa shape index (κ3) is 3.97. The van der Waals surface area contributed by atoms with Crippen molar-refractivity contribution in [3.05, 3.63) is 47.2 Å². The number of carbonyl (C=O) groups excluding carboxylic acids is 2. The van der Waals surface area contributed by atoms with E-state index >= 15 is 0 Å². The first-order valence-corrected chi connectivity index (χ1v) is 14.3. The Morgan fingerprint density at radius 2 is 1.70 bits per heavy atom. The molecule has 2 fully saturated rings. The van der Waals surface area contributed by atoms with E-state index in [2.05, 4.69) is 26.0 Å². The highest BCUT2D eigenvalue weighted by Crippen LogP contribution is 2.58. The van der Waals surface area contributed by atoms with E-state index in [9.17, 15) is 19.8 Å². The molecule has 2 N–H and O–H groups in total. The number of ether oxygens (including phenoxy) is 4. The summed E-state index contributed by atoms with van der Waals surface area (Å²) in [7, 11) is 0. The lowest BCUT2D eigenvalue weighted by atomic mass is 9.64. The van der Waals surface area contributed by atoms with Gasteiger partial charge in [0, 0.05) is 30.7 Å². The third-order valence-electron chi connectivity index (χ3n) is 10.4. The molecule has 6 rings (SSSR count). The Morgan fingerprint density at radius 1 is 0.950 bits per heavy atom. The first kappa shape index (κ1) is 27.2. The summed E-state index contributed by atoms with van der Waals surface area (Å²) in [4.78, 5) is 25.2. The number of rotatable bonds is 0. The summed E-state index contributed by atoms with van der Waals surface area (Å²) in [6.07, 6.45) is 7.43. The maximum atomic E-state index is 12.6. The summed E-state index contributed by atoms with van der Waals surface area (Å²) in [5.74, 6) is -0.207. The predicted molar refractivity (Wildman–Crippen MR) is 145 cm³/mol. The van der Waals surface area contributed by atoms with Gasteiger partial charge in [-0.3, -0.25) is 4.79 Å². The molecule has 1 aromatic carbocycles. The van der Waals surface area contributed by atoms with Crippen molar-refractivity contribution in [2.45, 2.75) is 109 Å². The Kier molecular flexibility index (Phi) is 5.78. The van der Waals surface area contributed by atoms with Gasteiger partial charge in [0.25, 0.3) is 0 Å². The first-order chi connectivity index (χ1) is 18.6. The highest BCUT2D eigenvalue weighted by atomic mass is 16.6. The number of phenolic OH excluding ortho intramolecular Hbond substituents is 1. The average Bonchev–Trinajstić information content (AvgIpc) is 3.07. The van der Waals surface area contributed by atoms with Crippen LogP contribution in [0, 0.1) is 24.2 Å². The maximum absolute atomic E-state index is 12.6. The number of hydrogen-bond donors (Lipinski definition) is 2. The number of aliphatic hydroxyl groups excluding tert-OH is 1. The largest absolute Gasteiger partial charge is 0.508 e. The van der Waals surface area contributed by atoms with Gasteiger partial charge in [0.1, 0.15) is 22.7 Å². The zero-order valence-corrected chi connectivity index (χ0v) is 24.2. The van der Waals surface area contributed by atoms with Crippen LogP contribution >= 0.6 is 0 Å². The molecule has 0 amide bonds. The van der Waals surface area contributed by atoms with Crippen LogP contribution in [0.5, 0.6) is 11.5 Å². The molecule has 4 heterocycles. The number of aryl methyl sites for hydroxylation is 1. The lowest BCUT2D eigenvalue weighted by Gasteiger charge is -2.55. The number of benzene rings is 1. The van der Waals surface area contributed by atoms with E-state index in [-0.39, 0.29) is 29.4 Å². The lowest BCUT2D eigenvalue weighted by Crippen LogP contribution is -2.64. The van der Waals surface area contributed by atoms with Crippen LogP contribution in [-0.2, 0) is 30.2 Å². The molecule has 8 heteroatoms. The summed E-state index contributed by atoms with van der Waals surface area (Å²) in [6.45, 7) is 12.0. The van der Waals surface area contributed by atoms with Crippen molar-refractivity contribution in [1.29, 1.82) is 0 Å². The molecule has 0 aromatic heterocycles. The van der Waals surface area contributed by atoms with E-state index in [1.165, 1.54) is 6.08 Å². The Bertz CT molecular complexity index is 1340. The molecule has 2 saturated heterocycles. The maximum Gasteiger partial charge on any atom is 0.335 e. The van der Waals surface area contributed by atoms with Crippen molar-refractivity contribution in [3.8, 4) is 11.5 Å². The highest BCUT2D eigenvalue weighted by molar-refractivity contribution is 5.87. The fraction of sp³-hybridized carbons (Fsp3) is 0.625. The number of esters is 2. The van der Waals surface area contributed by atoms with Gasteiger partial charge in [-0.2, -0.15) is 0 Å². The van der Waals surface area contributed by atoms with Crippen LogP contribution in [0.4, 0.5) is 0 Å². The van der Waals surface area contributed by atoms with Crippen molar-refractivity contribution < 1.29 is 38.7 Å². The molecule has 0 bridgehead atoms. The van der Waals surface area contributed by atoms with Crippen LogP contribution in [-0.4, -0.2) is 50.7 Å². The van der Waals surface area contributed by atoms with Gasteiger partial charge in [-0.1, -0.05) is 26.0 Å². The molecule has 0 unspecified atom stereocenters. The molecule has 0 saturated carbocycles. The number of allylic oxidation sites excluding steroid dienone is 1. The van der Waals surface area contributed by atoms with Crippen LogP contribution in [0.15, 0.2) is 36.1 Å². The molecule has 4 aliphatic heterocycles. The minimum atomic E-state index is -1.24. The highest BCUT2D eigenvalue weighted by Gasteiger charge is 2.70. The van der Waals surface area contributed by atoms with Crippen LogP contribution in [0.1, 0.15) is 77.8 Å². The predicted octanol–water partition coefficient (Wildman–Crippen LogP) is 4.82. The van der Waals surface area contributed by atoms with Crippen molar-refractivity contribution >= 4 is 11.9 Å². The topological polar surface area (TPSA) is 112 Å². The second kappa shape index (κ2) is 8.51. The van der Waals surface area contributed by atoms with Gasteiger partial charge < -0.3 is 29.2 Å². The van der Waals surface area contributed by atoms with Crippen molar-refractivity contribution in [2.75, 3.05) is 0 Å². The summed E-state index contributed by atoms with van der Waals surface area (Å²) in [5.41, 5.74) is -2.34. The van der Waals surface area contributed by atoms with Gasteiger partial charge in [0.2, 0.25) is 5.60 Å². The van der Waals surface area contributed by atoms with E-state index in [4.69, 9.17) is 18.9 Å². The molecule has 1 spiro atoms. The number of phenols is 1. The van der Waals surface area contributed by atoms with Crippen molar-refractivity contribution in [1.82, 2.24) is 0 Å². The van der Waals surface area contributed by atoms with Gasteiger partial charge >= 0.3 is 11.9 Å². The Morgan fingerprint density at radius 3 is 2.45 bits per heavy atom. The average molecular weight is 553 g/mol. The summed E-state index contributed by atoms with van der Waals surface area (Å²) >= 11 is 0. The van der Waals surface area contributed by atoms with E-state index in [1.807, 2.05) is 20.8 Å². The minimum Gasteiger partial charge on any atom is -0.508 e. The fourth-order valence-corrected chi connectivity index (χ4v) is 7.89. The van der Waals surface area contributed by atoms with Crippen LogP contribution < -0.4 is 4.74 Å². The summed E-state index contributed by atoms with van der Waals surface area (Å²) < 4.78 is 25.0. The zero-order chi connectivity index (χ0) is 28.9. The lowest BCUT2D eigenvalue weighted by molar-refractivity contribution is -0.224. The SMILES string of the molecule is Cc1cc(O)cc2c1C[C@H]1CC(C)(C)C=CC[C@]3(C)OC4=CC(=O)O[C@]5(C)CC(=O)O[C@]45C[C@H]3C[C@H](O)[C@@]1(C)O2. The molecule has 5 aliphatic rings. The Hall–Kier alpha value is -3.00. The molecular weight excluding hydrogens is 512 g/mol. The number of hydrogen-bond acceptors (Lipinski definition) is 8.